The fraction of sp³-hybridized carbons (Fsp3) is 0.455. The zero-order valence-electron chi connectivity index (χ0n) is 10.3. The van der Waals surface area contributed by atoms with Crippen molar-refractivity contribution in [2.24, 2.45) is 0 Å². The summed E-state index contributed by atoms with van der Waals surface area (Å²) in [6.07, 6.45) is 2.96. The van der Waals surface area contributed by atoms with Crippen LogP contribution in [0.2, 0.25) is 0 Å². The number of carboxylic acids is 1. The van der Waals surface area contributed by atoms with Gasteiger partial charge < -0.3 is 14.6 Å². The minimum atomic E-state index is -1.30. The number of aromatic carboxylic acids is 1. The van der Waals surface area contributed by atoms with Crippen LogP contribution in [0.4, 0.5) is 5.69 Å². The molecule has 2 rings (SSSR count). The van der Waals surface area contributed by atoms with Crippen molar-refractivity contribution in [2.75, 3.05) is 7.05 Å². The molecule has 0 atom stereocenters. The highest BCUT2D eigenvalue weighted by Gasteiger charge is 2.30. The van der Waals surface area contributed by atoms with Crippen LogP contribution in [-0.4, -0.2) is 44.5 Å². The Morgan fingerprint density at radius 2 is 2.21 bits per heavy atom. The number of likely N-dealkylation sites (N-methyl/N-ethyl adjacent to an activating group) is 1. The average molecular weight is 267 g/mol. The minimum Gasteiger partial charge on any atom is -0.477 e. The van der Waals surface area contributed by atoms with Gasteiger partial charge in [0.1, 0.15) is 12.2 Å². The number of aromatic nitrogens is 1. The minimum absolute atomic E-state index is 0.206. The number of hydrogen-bond acceptors (Lipinski definition) is 4. The molecule has 19 heavy (non-hydrogen) atoms. The van der Waals surface area contributed by atoms with Crippen molar-refractivity contribution in [3.63, 3.8) is 0 Å². The molecule has 1 fully saturated rings. The van der Waals surface area contributed by atoms with Gasteiger partial charge in [-0.15, -0.1) is 0 Å². The molecule has 1 aromatic heterocycles. The number of nitrogens with zero attached hydrogens (tertiary/aromatic N) is 3. The number of hydrogen-bond donors (Lipinski definition) is 1. The molecule has 0 radical (unpaired) electrons. The molecule has 0 bridgehead atoms. The number of amides is 1. The van der Waals surface area contributed by atoms with E-state index in [9.17, 15) is 19.7 Å². The van der Waals surface area contributed by atoms with E-state index in [4.69, 9.17) is 5.11 Å². The van der Waals surface area contributed by atoms with E-state index in [1.54, 1.807) is 11.9 Å². The summed E-state index contributed by atoms with van der Waals surface area (Å²) < 4.78 is 1.10. The normalized spacial score (nSPS) is 14.2. The number of carboxylic acid groups (broad SMARTS) is 1. The summed E-state index contributed by atoms with van der Waals surface area (Å²) in [6, 6.07) is 1.17. The van der Waals surface area contributed by atoms with Gasteiger partial charge >= 0.3 is 5.97 Å². The number of rotatable bonds is 5. The van der Waals surface area contributed by atoms with Crippen LogP contribution in [0.25, 0.3) is 0 Å². The second kappa shape index (κ2) is 4.71. The van der Waals surface area contributed by atoms with E-state index in [1.807, 2.05) is 0 Å². The molecule has 1 amide bonds. The van der Waals surface area contributed by atoms with Gasteiger partial charge in [-0.2, -0.15) is 0 Å². The molecule has 0 saturated heterocycles. The van der Waals surface area contributed by atoms with Crippen molar-refractivity contribution in [1.82, 2.24) is 9.47 Å². The molecular formula is C11H13N3O5. The predicted molar refractivity (Wildman–Crippen MR) is 63.8 cm³/mol. The van der Waals surface area contributed by atoms with E-state index in [-0.39, 0.29) is 29.9 Å². The van der Waals surface area contributed by atoms with Gasteiger partial charge in [0.05, 0.1) is 11.1 Å². The largest absolute Gasteiger partial charge is 0.477 e. The summed E-state index contributed by atoms with van der Waals surface area (Å²) in [5, 5.41) is 19.6. The first-order chi connectivity index (χ1) is 8.90. The third kappa shape index (κ3) is 2.72. The van der Waals surface area contributed by atoms with E-state index < -0.39 is 10.9 Å². The Kier molecular flexibility index (Phi) is 3.24. The molecule has 0 spiro atoms. The standard InChI is InChI=1S/C11H13N3O5/c1-12(7-2-3-7)10(15)6-13-5-8(14(18)19)4-9(13)11(16)17/h4-5,7H,2-3,6H2,1H3,(H,16,17). The molecule has 1 aliphatic rings. The molecular weight excluding hydrogens is 254 g/mol. The van der Waals surface area contributed by atoms with Gasteiger partial charge in [-0.05, 0) is 12.8 Å². The number of carbonyl (C=O) groups excluding carboxylic acids is 1. The van der Waals surface area contributed by atoms with Gasteiger partial charge in [0.15, 0.2) is 0 Å². The first kappa shape index (κ1) is 13.1. The lowest BCUT2D eigenvalue weighted by atomic mass is 10.4. The Morgan fingerprint density at radius 1 is 1.58 bits per heavy atom. The lowest BCUT2D eigenvalue weighted by molar-refractivity contribution is -0.384. The molecule has 8 heteroatoms. The molecule has 1 aromatic rings. The van der Waals surface area contributed by atoms with Crippen molar-refractivity contribution < 1.29 is 19.6 Å². The maximum atomic E-state index is 11.9. The van der Waals surface area contributed by atoms with Crippen LogP contribution >= 0.6 is 0 Å². The van der Waals surface area contributed by atoms with Crippen LogP contribution in [0.5, 0.6) is 0 Å². The molecule has 0 unspecified atom stereocenters. The van der Waals surface area contributed by atoms with Gasteiger partial charge in [0.2, 0.25) is 5.91 Å². The summed E-state index contributed by atoms with van der Waals surface area (Å²) in [5.41, 5.74) is -0.594. The molecule has 0 aliphatic heterocycles. The highest BCUT2D eigenvalue weighted by molar-refractivity contribution is 5.88. The van der Waals surface area contributed by atoms with E-state index in [0.717, 1.165) is 29.7 Å². The van der Waals surface area contributed by atoms with Crippen LogP contribution < -0.4 is 0 Å². The maximum absolute atomic E-state index is 11.9. The van der Waals surface area contributed by atoms with E-state index in [1.165, 1.54) is 0 Å². The average Bonchev–Trinajstić information content (AvgIpc) is 3.08. The highest BCUT2D eigenvalue weighted by Crippen LogP contribution is 2.26. The van der Waals surface area contributed by atoms with Crippen LogP contribution in [-0.2, 0) is 11.3 Å². The molecule has 1 aliphatic carbocycles. The third-order valence-electron chi connectivity index (χ3n) is 3.11. The third-order valence-corrected chi connectivity index (χ3v) is 3.11. The Bertz CT molecular complexity index is 547. The second-order valence-electron chi connectivity index (χ2n) is 4.51. The lowest BCUT2D eigenvalue weighted by Crippen LogP contribution is -2.32. The van der Waals surface area contributed by atoms with Gasteiger partial charge in [-0.1, -0.05) is 0 Å². The Hall–Kier alpha value is -2.38. The Morgan fingerprint density at radius 3 is 2.68 bits per heavy atom. The summed E-state index contributed by atoms with van der Waals surface area (Å²) in [4.78, 5) is 34.4. The van der Waals surface area contributed by atoms with Crippen molar-refractivity contribution in [3.05, 3.63) is 28.1 Å². The first-order valence-corrected chi connectivity index (χ1v) is 5.73. The molecule has 102 valence electrons. The predicted octanol–water partition coefficient (Wildman–Crippen LogP) is 0.715. The zero-order chi connectivity index (χ0) is 14.2. The summed E-state index contributed by atoms with van der Waals surface area (Å²) in [5.74, 6) is -1.55. The maximum Gasteiger partial charge on any atom is 0.352 e. The van der Waals surface area contributed by atoms with Crippen LogP contribution in [0, 0.1) is 10.1 Å². The van der Waals surface area contributed by atoms with Crippen LogP contribution in [0.3, 0.4) is 0 Å². The number of nitro groups is 1. The molecule has 1 N–H and O–H groups in total. The number of carbonyl (C=O) groups is 2. The van der Waals surface area contributed by atoms with Crippen molar-refractivity contribution >= 4 is 17.6 Å². The Labute approximate surface area is 108 Å². The summed E-state index contributed by atoms with van der Waals surface area (Å²) in [7, 11) is 1.65. The van der Waals surface area contributed by atoms with Crippen molar-refractivity contribution in [2.45, 2.75) is 25.4 Å². The molecule has 8 nitrogen and oxygen atoms in total. The van der Waals surface area contributed by atoms with Gasteiger partial charge in [0.25, 0.3) is 5.69 Å². The SMILES string of the molecule is CN(C(=O)Cn1cc([N+](=O)[O-])cc1C(=O)O)C1CC1. The smallest absolute Gasteiger partial charge is 0.352 e. The zero-order valence-corrected chi connectivity index (χ0v) is 10.3. The van der Waals surface area contributed by atoms with Gasteiger partial charge in [-0.3, -0.25) is 14.9 Å². The highest BCUT2D eigenvalue weighted by atomic mass is 16.6. The topological polar surface area (TPSA) is 106 Å². The second-order valence-corrected chi connectivity index (χ2v) is 4.51. The van der Waals surface area contributed by atoms with Crippen molar-refractivity contribution in [1.29, 1.82) is 0 Å². The summed E-state index contributed by atoms with van der Waals surface area (Å²) in [6.45, 7) is -0.206. The van der Waals surface area contributed by atoms with E-state index in [2.05, 4.69) is 0 Å². The lowest BCUT2D eigenvalue weighted by Gasteiger charge is -2.16. The fourth-order valence-corrected chi connectivity index (χ4v) is 1.83. The van der Waals surface area contributed by atoms with Crippen molar-refractivity contribution in [3.8, 4) is 0 Å². The first-order valence-electron chi connectivity index (χ1n) is 5.73. The van der Waals surface area contributed by atoms with E-state index >= 15 is 0 Å². The van der Waals surface area contributed by atoms with E-state index in [0.29, 0.717) is 0 Å². The Balaban J connectivity index is 2.20. The fourth-order valence-electron chi connectivity index (χ4n) is 1.83. The summed E-state index contributed by atoms with van der Waals surface area (Å²) >= 11 is 0. The molecule has 1 saturated carbocycles. The van der Waals surface area contributed by atoms with Gasteiger partial charge in [0, 0.05) is 19.2 Å². The van der Waals surface area contributed by atoms with Crippen LogP contribution in [0.15, 0.2) is 12.3 Å². The molecule has 1 heterocycles. The molecule has 0 aromatic carbocycles. The van der Waals surface area contributed by atoms with Crippen LogP contribution in [0.1, 0.15) is 23.3 Å². The van der Waals surface area contributed by atoms with Gasteiger partial charge in [-0.25, -0.2) is 4.79 Å². The monoisotopic (exact) mass is 267 g/mol. The quantitative estimate of drug-likeness (QED) is 0.624.